The number of rotatable bonds is 4. The molecule has 1 fully saturated rings. The topological polar surface area (TPSA) is 32.3 Å². The van der Waals surface area contributed by atoms with Crippen LogP contribution in [0.2, 0.25) is 0 Å². The number of carbonyl (C=O) groups is 1. The van der Waals surface area contributed by atoms with Crippen LogP contribution in [0.25, 0.3) is 0 Å². The molecule has 0 saturated carbocycles. The molecule has 1 aromatic carbocycles. The number of nitrogens with zero attached hydrogens (tertiary/aromatic N) is 1. The Morgan fingerprint density at radius 3 is 2.95 bits per heavy atom. The molecule has 1 amide bonds. The SMILES string of the molecule is Cc1ccccc1CNC(=O)CC1CCCN(C)C1. The summed E-state index contributed by atoms with van der Waals surface area (Å²) in [7, 11) is 2.14. The molecule has 1 N–H and O–H groups in total. The van der Waals surface area contributed by atoms with Crippen molar-refractivity contribution in [2.45, 2.75) is 32.7 Å². The van der Waals surface area contributed by atoms with Gasteiger partial charge in [-0.1, -0.05) is 24.3 Å². The van der Waals surface area contributed by atoms with Gasteiger partial charge in [0.2, 0.25) is 5.91 Å². The maximum atomic E-state index is 12.0. The lowest BCUT2D eigenvalue weighted by atomic mass is 9.95. The first kappa shape index (κ1) is 14.1. The van der Waals surface area contributed by atoms with Crippen molar-refractivity contribution in [2.75, 3.05) is 20.1 Å². The zero-order valence-corrected chi connectivity index (χ0v) is 12.0. The van der Waals surface area contributed by atoms with E-state index in [0.717, 1.165) is 6.54 Å². The first-order chi connectivity index (χ1) is 9.15. The average Bonchev–Trinajstić information content (AvgIpc) is 2.38. The van der Waals surface area contributed by atoms with Crippen LogP contribution in [0.5, 0.6) is 0 Å². The van der Waals surface area contributed by atoms with Gasteiger partial charge in [0.25, 0.3) is 0 Å². The van der Waals surface area contributed by atoms with Gasteiger partial charge in [0, 0.05) is 19.5 Å². The van der Waals surface area contributed by atoms with E-state index in [9.17, 15) is 4.79 Å². The van der Waals surface area contributed by atoms with Crippen LogP contribution >= 0.6 is 0 Å². The summed E-state index contributed by atoms with van der Waals surface area (Å²) < 4.78 is 0. The van der Waals surface area contributed by atoms with Crippen molar-refractivity contribution in [3.8, 4) is 0 Å². The van der Waals surface area contributed by atoms with Gasteiger partial charge in [-0.2, -0.15) is 0 Å². The standard InChI is InChI=1S/C16H24N2O/c1-13-6-3-4-8-15(13)11-17-16(19)10-14-7-5-9-18(2)12-14/h3-4,6,8,14H,5,7,9-12H2,1-2H3,(H,17,19). The summed E-state index contributed by atoms with van der Waals surface area (Å²) in [4.78, 5) is 14.3. The van der Waals surface area contributed by atoms with E-state index in [2.05, 4.69) is 36.3 Å². The Morgan fingerprint density at radius 2 is 2.21 bits per heavy atom. The quantitative estimate of drug-likeness (QED) is 0.901. The first-order valence-corrected chi connectivity index (χ1v) is 7.15. The second-order valence-electron chi connectivity index (χ2n) is 5.68. The summed E-state index contributed by atoms with van der Waals surface area (Å²) in [6.07, 6.45) is 3.06. The van der Waals surface area contributed by atoms with Crippen LogP contribution < -0.4 is 5.32 Å². The monoisotopic (exact) mass is 260 g/mol. The summed E-state index contributed by atoms with van der Waals surface area (Å²) in [6.45, 7) is 4.95. The highest BCUT2D eigenvalue weighted by molar-refractivity contribution is 5.76. The molecule has 104 valence electrons. The van der Waals surface area contributed by atoms with Crippen molar-refractivity contribution in [2.24, 2.45) is 5.92 Å². The molecule has 0 radical (unpaired) electrons. The average molecular weight is 260 g/mol. The van der Waals surface area contributed by atoms with Gasteiger partial charge in [0.05, 0.1) is 0 Å². The molecule has 1 heterocycles. The molecule has 1 aromatic rings. The Kier molecular flexibility index (Phi) is 4.97. The third-order valence-corrected chi connectivity index (χ3v) is 3.93. The van der Waals surface area contributed by atoms with Crippen molar-refractivity contribution < 1.29 is 4.79 Å². The van der Waals surface area contributed by atoms with E-state index in [1.807, 2.05) is 12.1 Å². The number of hydrogen-bond donors (Lipinski definition) is 1. The first-order valence-electron chi connectivity index (χ1n) is 7.15. The second-order valence-corrected chi connectivity index (χ2v) is 5.68. The number of piperidine rings is 1. The summed E-state index contributed by atoms with van der Waals surface area (Å²) >= 11 is 0. The Balaban J connectivity index is 1.77. The van der Waals surface area contributed by atoms with Crippen LogP contribution in [0.15, 0.2) is 24.3 Å². The Morgan fingerprint density at radius 1 is 1.42 bits per heavy atom. The summed E-state index contributed by atoms with van der Waals surface area (Å²) in [6, 6.07) is 8.20. The molecule has 1 atom stereocenters. The summed E-state index contributed by atoms with van der Waals surface area (Å²) in [5.74, 6) is 0.708. The summed E-state index contributed by atoms with van der Waals surface area (Å²) in [5.41, 5.74) is 2.44. The van der Waals surface area contributed by atoms with Crippen LogP contribution in [0, 0.1) is 12.8 Å². The highest BCUT2D eigenvalue weighted by Gasteiger charge is 2.19. The van der Waals surface area contributed by atoms with E-state index in [1.165, 1.54) is 30.5 Å². The van der Waals surface area contributed by atoms with Crippen molar-refractivity contribution >= 4 is 5.91 Å². The van der Waals surface area contributed by atoms with Gasteiger partial charge in [0.1, 0.15) is 0 Å². The van der Waals surface area contributed by atoms with E-state index >= 15 is 0 Å². The van der Waals surface area contributed by atoms with Crippen LogP contribution in [0.3, 0.4) is 0 Å². The van der Waals surface area contributed by atoms with Gasteiger partial charge in [0.15, 0.2) is 0 Å². The van der Waals surface area contributed by atoms with Gasteiger partial charge in [-0.15, -0.1) is 0 Å². The van der Waals surface area contributed by atoms with E-state index < -0.39 is 0 Å². The van der Waals surface area contributed by atoms with Crippen LogP contribution in [0.1, 0.15) is 30.4 Å². The fourth-order valence-electron chi connectivity index (χ4n) is 2.78. The lowest BCUT2D eigenvalue weighted by Crippen LogP contribution is -2.35. The summed E-state index contributed by atoms with van der Waals surface area (Å²) in [5, 5.41) is 3.04. The number of hydrogen-bond acceptors (Lipinski definition) is 2. The maximum absolute atomic E-state index is 12.0. The third kappa shape index (κ3) is 4.35. The Bertz CT molecular complexity index is 431. The molecule has 0 aromatic heterocycles. The smallest absolute Gasteiger partial charge is 0.220 e. The van der Waals surface area contributed by atoms with Crippen molar-refractivity contribution in [1.82, 2.24) is 10.2 Å². The highest BCUT2D eigenvalue weighted by Crippen LogP contribution is 2.18. The Hall–Kier alpha value is -1.35. The number of amides is 1. The van der Waals surface area contributed by atoms with E-state index in [4.69, 9.17) is 0 Å². The van der Waals surface area contributed by atoms with Gasteiger partial charge >= 0.3 is 0 Å². The fraction of sp³-hybridized carbons (Fsp3) is 0.562. The molecule has 3 nitrogen and oxygen atoms in total. The molecular formula is C16H24N2O. The maximum Gasteiger partial charge on any atom is 0.220 e. The minimum Gasteiger partial charge on any atom is -0.352 e. The normalized spacial score (nSPS) is 20.2. The van der Waals surface area contributed by atoms with Gasteiger partial charge in [-0.25, -0.2) is 0 Å². The zero-order valence-electron chi connectivity index (χ0n) is 12.0. The fourth-order valence-corrected chi connectivity index (χ4v) is 2.78. The predicted molar refractivity (Wildman–Crippen MR) is 77.9 cm³/mol. The van der Waals surface area contributed by atoms with Crippen LogP contribution in [-0.2, 0) is 11.3 Å². The van der Waals surface area contributed by atoms with Crippen LogP contribution in [-0.4, -0.2) is 30.9 Å². The molecule has 1 aliphatic heterocycles. The Labute approximate surface area is 116 Å². The number of aryl methyl sites for hydroxylation is 1. The van der Waals surface area contributed by atoms with Crippen molar-refractivity contribution in [3.63, 3.8) is 0 Å². The van der Waals surface area contributed by atoms with Gasteiger partial charge in [-0.05, 0) is 50.4 Å². The molecule has 0 aliphatic carbocycles. The van der Waals surface area contributed by atoms with E-state index in [1.54, 1.807) is 0 Å². The minimum atomic E-state index is 0.184. The number of benzene rings is 1. The van der Waals surface area contributed by atoms with Gasteiger partial charge < -0.3 is 10.2 Å². The largest absolute Gasteiger partial charge is 0.352 e. The predicted octanol–water partition coefficient (Wildman–Crippen LogP) is 2.34. The number of likely N-dealkylation sites (tertiary alicyclic amines) is 1. The molecule has 0 bridgehead atoms. The lowest BCUT2D eigenvalue weighted by Gasteiger charge is -2.29. The number of carbonyl (C=O) groups excluding carboxylic acids is 1. The molecule has 2 rings (SSSR count). The molecule has 0 spiro atoms. The molecule has 1 aliphatic rings. The zero-order chi connectivity index (χ0) is 13.7. The van der Waals surface area contributed by atoms with Crippen LogP contribution in [0.4, 0.5) is 0 Å². The van der Waals surface area contributed by atoms with Crippen molar-refractivity contribution in [1.29, 1.82) is 0 Å². The molecular weight excluding hydrogens is 236 g/mol. The molecule has 19 heavy (non-hydrogen) atoms. The molecule has 1 unspecified atom stereocenters. The number of nitrogens with one attached hydrogen (secondary N) is 1. The molecule has 1 saturated heterocycles. The van der Waals surface area contributed by atoms with Gasteiger partial charge in [-0.3, -0.25) is 4.79 Å². The lowest BCUT2D eigenvalue weighted by molar-refractivity contribution is -0.122. The minimum absolute atomic E-state index is 0.184. The van der Waals surface area contributed by atoms with Crippen molar-refractivity contribution in [3.05, 3.63) is 35.4 Å². The van der Waals surface area contributed by atoms with E-state index in [0.29, 0.717) is 18.9 Å². The van der Waals surface area contributed by atoms with E-state index in [-0.39, 0.29) is 5.91 Å². The second kappa shape index (κ2) is 6.71. The highest BCUT2D eigenvalue weighted by atomic mass is 16.1. The molecule has 3 heteroatoms. The third-order valence-electron chi connectivity index (χ3n) is 3.93.